The average Bonchev–Trinajstić information content (AvgIpc) is 1.98. The Labute approximate surface area is 63.6 Å². The SMILES string of the molecule is CCC(C)NCCCCO. The topological polar surface area (TPSA) is 32.3 Å². The van der Waals surface area contributed by atoms with Gasteiger partial charge >= 0.3 is 0 Å². The van der Waals surface area contributed by atoms with E-state index in [0.717, 1.165) is 19.4 Å². The largest absolute Gasteiger partial charge is 0.396 e. The molecule has 0 aromatic rings. The van der Waals surface area contributed by atoms with Crippen LogP contribution in [0.4, 0.5) is 0 Å². The number of rotatable bonds is 6. The van der Waals surface area contributed by atoms with E-state index in [1.54, 1.807) is 0 Å². The van der Waals surface area contributed by atoms with Crippen LogP contribution in [0.3, 0.4) is 0 Å². The highest BCUT2D eigenvalue weighted by atomic mass is 16.2. The zero-order valence-corrected chi connectivity index (χ0v) is 7.06. The molecule has 0 saturated heterocycles. The molecule has 1 atom stereocenters. The van der Waals surface area contributed by atoms with E-state index in [9.17, 15) is 0 Å². The van der Waals surface area contributed by atoms with Gasteiger partial charge in [0.2, 0.25) is 0 Å². The third kappa shape index (κ3) is 6.05. The van der Waals surface area contributed by atoms with Gasteiger partial charge in [-0.1, -0.05) is 6.92 Å². The summed E-state index contributed by atoms with van der Waals surface area (Å²) in [6, 6.07) is 0.624. The lowest BCUT2D eigenvalue weighted by atomic mass is 10.2. The molecular weight excluding hydrogens is 126 g/mol. The van der Waals surface area contributed by atoms with Crippen molar-refractivity contribution in [2.45, 2.75) is 39.2 Å². The van der Waals surface area contributed by atoms with Crippen molar-refractivity contribution in [3.63, 3.8) is 0 Å². The molecule has 0 bridgehead atoms. The van der Waals surface area contributed by atoms with E-state index >= 15 is 0 Å². The average molecular weight is 145 g/mol. The molecule has 2 nitrogen and oxygen atoms in total. The van der Waals surface area contributed by atoms with Crippen molar-refractivity contribution in [2.24, 2.45) is 0 Å². The zero-order chi connectivity index (χ0) is 7.82. The Kier molecular flexibility index (Phi) is 6.98. The number of aliphatic hydroxyl groups excluding tert-OH is 1. The van der Waals surface area contributed by atoms with E-state index in [-0.39, 0.29) is 0 Å². The number of hydrogen-bond donors (Lipinski definition) is 2. The summed E-state index contributed by atoms with van der Waals surface area (Å²) in [5, 5.41) is 11.8. The molecule has 0 aliphatic carbocycles. The molecule has 1 unspecified atom stereocenters. The van der Waals surface area contributed by atoms with Gasteiger partial charge in [-0.25, -0.2) is 0 Å². The molecule has 0 radical (unpaired) electrons. The lowest BCUT2D eigenvalue weighted by Crippen LogP contribution is -2.26. The maximum atomic E-state index is 8.46. The summed E-state index contributed by atoms with van der Waals surface area (Å²) >= 11 is 0. The van der Waals surface area contributed by atoms with E-state index in [0.29, 0.717) is 12.6 Å². The van der Waals surface area contributed by atoms with Gasteiger partial charge in [0.05, 0.1) is 0 Å². The predicted octanol–water partition coefficient (Wildman–Crippen LogP) is 1.15. The third-order valence-corrected chi connectivity index (χ3v) is 1.69. The standard InChI is InChI=1S/C8H19NO/c1-3-8(2)9-6-4-5-7-10/h8-10H,3-7H2,1-2H3. The normalized spacial score (nSPS) is 13.5. The molecule has 10 heavy (non-hydrogen) atoms. The fourth-order valence-corrected chi connectivity index (χ4v) is 0.730. The van der Waals surface area contributed by atoms with Crippen LogP contribution in [-0.2, 0) is 0 Å². The number of nitrogens with one attached hydrogen (secondary N) is 1. The minimum Gasteiger partial charge on any atom is -0.396 e. The Bertz CT molecular complexity index is 66.3. The Morgan fingerprint density at radius 3 is 2.60 bits per heavy atom. The van der Waals surface area contributed by atoms with Gasteiger partial charge in [-0.3, -0.25) is 0 Å². The summed E-state index contributed by atoms with van der Waals surface area (Å²) in [4.78, 5) is 0. The summed E-state index contributed by atoms with van der Waals surface area (Å²) in [5.74, 6) is 0. The van der Waals surface area contributed by atoms with E-state index in [1.165, 1.54) is 6.42 Å². The fraction of sp³-hybridized carbons (Fsp3) is 1.00. The van der Waals surface area contributed by atoms with Gasteiger partial charge in [0.25, 0.3) is 0 Å². The van der Waals surface area contributed by atoms with Gasteiger partial charge in [-0.15, -0.1) is 0 Å². The van der Waals surface area contributed by atoms with Crippen molar-refractivity contribution in [3.05, 3.63) is 0 Å². The van der Waals surface area contributed by atoms with Crippen LogP contribution in [0.15, 0.2) is 0 Å². The fourth-order valence-electron chi connectivity index (χ4n) is 0.730. The second kappa shape index (κ2) is 7.03. The molecular formula is C8H19NO. The molecule has 0 aliphatic rings. The van der Waals surface area contributed by atoms with Crippen LogP contribution < -0.4 is 5.32 Å². The zero-order valence-electron chi connectivity index (χ0n) is 7.06. The summed E-state index contributed by atoms with van der Waals surface area (Å²) < 4.78 is 0. The van der Waals surface area contributed by atoms with Crippen LogP contribution in [-0.4, -0.2) is 24.3 Å². The van der Waals surface area contributed by atoms with Crippen LogP contribution in [0.5, 0.6) is 0 Å². The maximum Gasteiger partial charge on any atom is 0.0431 e. The quantitative estimate of drug-likeness (QED) is 0.549. The van der Waals surface area contributed by atoms with Crippen LogP contribution in [0, 0.1) is 0 Å². The van der Waals surface area contributed by atoms with E-state index in [1.807, 2.05) is 0 Å². The Balaban J connectivity index is 2.89. The number of unbranched alkanes of at least 4 members (excludes halogenated alkanes) is 1. The minimum atomic E-state index is 0.322. The Morgan fingerprint density at radius 2 is 2.10 bits per heavy atom. The summed E-state index contributed by atoms with van der Waals surface area (Å²) in [5.41, 5.74) is 0. The Morgan fingerprint density at radius 1 is 1.40 bits per heavy atom. The molecule has 0 amide bonds. The van der Waals surface area contributed by atoms with E-state index < -0.39 is 0 Å². The van der Waals surface area contributed by atoms with Crippen LogP contribution in [0.2, 0.25) is 0 Å². The third-order valence-electron chi connectivity index (χ3n) is 1.69. The maximum absolute atomic E-state index is 8.46. The number of hydrogen-bond acceptors (Lipinski definition) is 2. The van der Waals surface area contributed by atoms with Crippen LogP contribution in [0.25, 0.3) is 0 Å². The molecule has 0 rings (SSSR count). The second-order valence-corrected chi connectivity index (χ2v) is 2.69. The molecule has 62 valence electrons. The second-order valence-electron chi connectivity index (χ2n) is 2.69. The predicted molar refractivity (Wildman–Crippen MR) is 44.1 cm³/mol. The number of aliphatic hydroxyl groups is 1. The monoisotopic (exact) mass is 145 g/mol. The molecule has 0 heterocycles. The summed E-state index contributed by atoms with van der Waals surface area (Å²) in [6.07, 6.45) is 3.18. The lowest BCUT2D eigenvalue weighted by Gasteiger charge is -2.09. The molecule has 0 aromatic heterocycles. The van der Waals surface area contributed by atoms with Gasteiger partial charge in [-0.05, 0) is 32.7 Å². The van der Waals surface area contributed by atoms with Crippen molar-refractivity contribution < 1.29 is 5.11 Å². The first-order valence-corrected chi connectivity index (χ1v) is 4.15. The Hall–Kier alpha value is -0.0800. The van der Waals surface area contributed by atoms with Crippen molar-refractivity contribution in [2.75, 3.05) is 13.2 Å². The van der Waals surface area contributed by atoms with Crippen molar-refractivity contribution >= 4 is 0 Å². The van der Waals surface area contributed by atoms with Crippen molar-refractivity contribution in [1.29, 1.82) is 0 Å². The molecule has 2 N–H and O–H groups in total. The van der Waals surface area contributed by atoms with Gasteiger partial charge in [0.1, 0.15) is 0 Å². The van der Waals surface area contributed by atoms with Crippen molar-refractivity contribution in [1.82, 2.24) is 5.32 Å². The molecule has 0 fully saturated rings. The van der Waals surface area contributed by atoms with Gasteiger partial charge in [0, 0.05) is 12.6 Å². The van der Waals surface area contributed by atoms with Crippen molar-refractivity contribution in [3.8, 4) is 0 Å². The molecule has 0 aromatic carbocycles. The molecule has 2 heteroatoms. The first-order valence-electron chi connectivity index (χ1n) is 4.15. The highest BCUT2D eigenvalue weighted by molar-refractivity contribution is 4.56. The first-order chi connectivity index (χ1) is 4.81. The van der Waals surface area contributed by atoms with Crippen LogP contribution >= 0.6 is 0 Å². The summed E-state index contributed by atoms with van der Waals surface area (Å²) in [6.45, 7) is 5.71. The molecule has 0 aliphatic heterocycles. The van der Waals surface area contributed by atoms with E-state index in [4.69, 9.17) is 5.11 Å². The van der Waals surface area contributed by atoms with Crippen LogP contribution in [0.1, 0.15) is 33.1 Å². The highest BCUT2D eigenvalue weighted by Gasteiger charge is 1.94. The molecule has 0 saturated carbocycles. The van der Waals surface area contributed by atoms with Gasteiger partial charge < -0.3 is 10.4 Å². The summed E-state index contributed by atoms with van der Waals surface area (Å²) in [7, 11) is 0. The molecule has 0 spiro atoms. The first kappa shape index (κ1) is 9.92. The van der Waals surface area contributed by atoms with Gasteiger partial charge in [0.15, 0.2) is 0 Å². The van der Waals surface area contributed by atoms with E-state index in [2.05, 4.69) is 19.2 Å². The lowest BCUT2D eigenvalue weighted by molar-refractivity contribution is 0.282. The minimum absolute atomic E-state index is 0.322. The highest BCUT2D eigenvalue weighted by Crippen LogP contribution is 1.89. The van der Waals surface area contributed by atoms with Gasteiger partial charge in [-0.2, -0.15) is 0 Å². The smallest absolute Gasteiger partial charge is 0.0431 e.